The molecule has 0 radical (unpaired) electrons. The highest BCUT2D eigenvalue weighted by Crippen LogP contribution is 2.58. The summed E-state index contributed by atoms with van der Waals surface area (Å²) in [6, 6.07) is 82.5. The molecule has 11 aromatic rings. The van der Waals surface area contributed by atoms with Crippen molar-refractivity contribution in [2.24, 2.45) is 0 Å². The summed E-state index contributed by atoms with van der Waals surface area (Å²) in [6.45, 7) is 0. The molecule has 274 valence electrons. The number of benzene rings is 11. The molecule has 1 nitrogen and oxygen atoms in total. The van der Waals surface area contributed by atoms with Gasteiger partial charge in [-0.15, -0.1) is 0 Å². The quantitative estimate of drug-likeness (QED) is 0.153. The lowest BCUT2D eigenvalue weighted by atomic mass is 9.76. The maximum Gasteiger partial charge on any atom is 0.0624 e. The van der Waals surface area contributed by atoms with Crippen LogP contribution in [0, 0.1) is 0 Å². The van der Waals surface area contributed by atoms with Gasteiger partial charge in [-0.1, -0.05) is 170 Å². The van der Waals surface area contributed by atoms with Gasteiger partial charge in [0.1, 0.15) is 0 Å². The minimum atomic E-state index is 1.12. The smallest absolute Gasteiger partial charge is 0.0624 e. The molecule has 0 saturated carbocycles. The Bertz CT molecular complexity index is 3400. The third kappa shape index (κ3) is 5.55. The molecule has 0 saturated heterocycles. The van der Waals surface area contributed by atoms with Gasteiger partial charge in [0, 0.05) is 22.3 Å². The Morgan fingerprint density at radius 3 is 1.39 bits per heavy atom. The summed E-state index contributed by atoms with van der Waals surface area (Å²) in [5, 5.41) is 10.1. The molecular formula is C58H37N. The van der Waals surface area contributed by atoms with Gasteiger partial charge in [0.15, 0.2) is 0 Å². The highest BCUT2D eigenvalue weighted by atomic mass is 15.1. The van der Waals surface area contributed by atoms with Gasteiger partial charge in [0.05, 0.1) is 5.69 Å². The van der Waals surface area contributed by atoms with E-state index in [0.29, 0.717) is 0 Å². The number of hydrogen-bond donors (Lipinski definition) is 0. The maximum atomic E-state index is 2.48. The molecule has 0 aromatic heterocycles. The number of anilines is 3. The molecule has 0 aliphatic heterocycles. The monoisotopic (exact) mass is 747 g/mol. The number of nitrogens with zero attached hydrogens (tertiary/aromatic N) is 1. The standard InChI is InChI=1S/C58H37N/c1-3-11-38(12-4-1)40-23-28-49(29-24-40)59(50-30-25-41(26-31-50)44-27-32-52-47(33-44)22-19-42-15-7-9-17-51(42)52)58-53-18-10-8-16-46(53)36-56-54-37-48-34-43(39-13-5-2-6-14-39)20-21-45(48)35-55(54)57(56)58/h1-37H. The van der Waals surface area contributed by atoms with Gasteiger partial charge in [-0.3, -0.25) is 0 Å². The molecule has 0 bridgehead atoms. The largest absolute Gasteiger partial charge is 0.309 e. The summed E-state index contributed by atoms with van der Waals surface area (Å²) in [6.07, 6.45) is 0. The Hall–Kier alpha value is -7.74. The fourth-order valence-corrected chi connectivity index (χ4v) is 9.36. The molecule has 1 heteroatoms. The Balaban J connectivity index is 1.02. The predicted molar refractivity (Wildman–Crippen MR) is 252 cm³/mol. The Morgan fingerprint density at radius 2 is 0.678 bits per heavy atom. The normalized spacial score (nSPS) is 11.7. The number of rotatable bonds is 6. The summed E-state index contributed by atoms with van der Waals surface area (Å²) in [5.41, 5.74) is 15.9. The van der Waals surface area contributed by atoms with Crippen molar-refractivity contribution in [3.63, 3.8) is 0 Å². The second-order valence-electron chi connectivity index (χ2n) is 15.7. The molecule has 0 spiro atoms. The zero-order chi connectivity index (χ0) is 38.9. The lowest BCUT2D eigenvalue weighted by molar-refractivity contribution is 1.29. The number of hydrogen-bond acceptors (Lipinski definition) is 1. The van der Waals surface area contributed by atoms with E-state index in [9.17, 15) is 0 Å². The molecule has 1 aliphatic carbocycles. The van der Waals surface area contributed by atoms with Crippen LogP contribution in [0.25, 0.3) is 98.7 Å². The van der Waals surface area contributed by atoms with Crippen LogP contribution in [0.4, 0.5) is 17.1 Å². The van der Waals surface area contributed by atoms with Crippen molar-refractivity contribution in [1.82, 2.24) is 0 Å². The van der Waals surface area contributed by atoms with Crippen molar-refractivity contribution in [2.75, 3.05) is 4.90 Å². The van der Waals surface area contributed by atoms with E-state index in [-0.39, 0.29) is 0 Å². The Labute approximate surface area is 343 Å². The molecule has 0 N–H and O–H groups in total. The first-order valence-corrected chi connectivity index (χ1v) is 20.4. The Kier molecular flexibility index (Phi) is 7.61. The average Bonchev–Trinajstić information content (AvgIpc) is 3.31. The minimum Gasteiger partial charge on any atom is -0.309 e. The first-order valence-electron chi connectivity index (χ1n) is 20.4. The topological polar surface area (TPSA) is 3.24 Å². The zero-order valence-corrected chi connectivity index (χ0v) is 32.3. The highest BCUT2D eigenvalue weighted by Gasteiger charge is 2.31. The van der Waals surface area contributed by atoms with E-state index in [1.165, 1.54) is 104 Å². The fraction of sp³-hybridized carbons (Fsp3) is 0. The van der Waals surface area contributed by atoms with E-state index >= 15 is 0 Å². The molecule has 0 fully saturated rings. The van der Waals surface area contributed by atoms with Gasteiger partial charge >= 0.3 is 0 Å². The molecule has 11 aromatic carbocycles. The lowest BCUT2D eigenvalue weighted by Crippen LogP contribution is -2.15. The SMILES string of the molecule is c1ccc(-c2ccc(N(c3ccc(-c4ccc5c(ccc6ccccc65)c4)cc3)c3c4c(cc5ccccc35)-c3cc5cc(-c6ccccc6)ccc5cc3-4)cc2)cc1. The van der Waals surface area contributed by atoms with Gasteiger partial charge in [0.2, 0.25) is 0 Å². The third-order valence-electron chi connectivity index (χ3n) is 12.3. The molecule has 59 heavy (non-hydrogen) atoms. The molecule has 0 amide bonds. The minimum absolute atomic E-state index is 1.12. The van der Waals surface area contributed by atoms with E-state index in [0.717, 1.165) is 11.4 Å². The van der Waals surface area contributed by atoms with Crippen LogP contribution >= 0.6 is 0 Å². The van der Waals surface area contributed by atoms with Crippen molar-refractivity contribution in [3.05, 3.63) is 224 Å². The number of fused-ring (bicyclic) bond motifs is 9. The molecule has 1 aliphatic rings. The van der Waals surface area contributed by atoms with Gasteiger partial charge in [-0.05, 0) is 142 Å². The van der Waals surface area contributed by atoms with E-state index in [4.69, 9.17) is 0 Å². The van der Waals surface area contributed by atoms with Gasteiger partial charge in [-0.2, -0.15) is 0 Å². The van der Waals surface area contributed by atoms with Crippen molar-refractivity contribution in [3.8, 4) is 55.6 Å². The van der Waals surface area contributed by atoms with Crippen molar-refractivity contribution < 1.29 is 0 Å². The van der Waals surface area contributed by atoms with Crippen LogP contribution in [-0.2, 0) is 0 Å². The second-order valence-corrected chi connectivity index (χ2v) is 15.7. The first-order chi connectivity index (χ1) is 29.2. The van der Waals surface area contributed by atoms with Gasteiger partial charge < -0.3 is 4.90 Å². The van der Waals surface area contributed by atoms with E-state index in [1.54, 1.807) is 0 Å². The summed E-state index contributed by atoms with van der Waals surface area (Å²) >= 11 is 0. The molecular weight excluding hydrogens is 711 g/mol. The van der Waals surface area contributed by atoms with Crippen LogP contribution < -0.4 is 4.90 Å². The summed E-state index contributed by atoms with van der Waals surface area (Å²) in [7, 11) is 0. The lowest BCUT2D eigenvalue weighted by Gasteiger charge is -2.35. The van der Waals surface area contributed by atoms with Crippen molar-refractivity contribution >= 4 is 60.2 Å². The summed E-state index contributed by atoms with van der Waals surface area (Å²) in [4.78, 5) is 2.48. The van der Waals surface area contributed by atoms with Crippen LogP contribution in [0.15, 0.2) is 224 Å². The summed E-state index contributed by atoms with van der Waals surface area (Å²) < 4.78 is 0. The van der Waals surface area contributed by atoms with Crippen LogP contribution in [0.2, 0.25) is 0 Å². The van der Waals surface area contributed by atoms with Crippen molar-refractivity contribution in [1.29, 1.82) is 0 Å². The van der Waals surface area contributed by atoms with Crippen LogP contribution in [0.3, 0.4) is 0 Å². The second kappa shape index (κ2) is 13.4. The Morgan fingerprint density at radius 1 is 0.237 bits per heavy atom. The van der Waals surface area contributed by atoms with E-state index in [1.807, 2.05) is 0 Å². The van der Waals surface area contributed by atoms with E-state index < -0.39 is 0 Å². The molecule has 0 atom stereocenters. The van der Waals surface area contributed by atoms with Crippen molar-refractivity contribution in [2.45, 2.75) is 0 Å². The van der Waals surface area contributed by atoms with E-state index in [2.05, 4.69) is 229 Å². The predicted octanol–water partition coefficient (Wildman–Crippen LogP) is 16.4. The zero-order valence-electron chi connectivity index (χ0n) is 32.3. The van der Waals surface area contributed by atoms with Crippen LogP contribution in [-0.4, -0.2) is 0 Å². The molecule has 0 unspecified atom stereocenters. The van der Waals surface area contributed by atoms with Crippen LogP contribution in [0.1, 0.15) is 0 Å². The molecule has 12 rings (SSSR count). The maximum absolute atomic E-state index is 2.48. The average molecular weight is 748 g/mol. The third-order valence-corrected chi connectivity index (χ3v) is 12.3. The first kappa shape index (κ1) is 33.4. The highest BCUT2D eigenvalue weighted by molar-refractivity contribution is 6.20. The van der Waals surface area contributed by atoms with Crippen LogP contribution in [0.5, 0.6) is 0 Å². The fourth-order valence-electron chi connectivity index (χ4n) is 9.36. The summed E-state index contributed by atoms with van der Waals surface area (Å²) in [5.74, 6) is 0. The molecule has 0 heterocycles. The van der Waals surface area contributed by atoms with Gasteiger partial charge in [0.25, 0.3) is 0 Å². The van der Waals surface area contributed by atoms with Gasteiger partial charge in [-0.25, -0.2) is 0 Å².